The van der Waals surface area contributed by atoms with Crippen LogP contribution < -0.4 is 5.73 Å². The summed E-state index contributed by atoms with van der Waals surface area (Å²) in [5, 5.41) is 0. The summed E-state index contributed by atoms with van der Waals surface area (Å²) in [7, 11) is 0. The molecular formula is C8H12N2O2S. The summed E-state index contributed by atoms with van der Waals surface area (Å²) in [6, 6.07) is 1.53. The Hall–Kier alpha value is -0.940. The van der Waals surface area contributed by atoms with Gasteiger partial charge in [0.1, 0.15) is 0 Å². The number of rotatable bonds is 4. The van der Waals surface area contributed by atoms with Gasteiger partial charge in [-0.05, 0) is 24.5 Å². The number of carbonyl (C=O) groups excluding carboxylic acids is 1. The Bertz CT molecular complexity index is 261. The van der Waals surface area contributed by atoms with Crippen molar-refractivity contribution in [3.05, 3.63) is 17.1 Å². The molecule has 2 N–H and O–H groups in total. The van der Waals surface area contributed by atoms with E-state index in [-0.39, 0.29) is 18.4 Å². The standard InChI is InChI=1S/C8H12N2O2S/c1-2-12-8(11)5-6(9)7-3-4-10-13-7/h3-4,6H,2,5,9H2,1H3/t6-/m0/s1. The molecule has 0 aliphatic heterocycles. The van der Waals surface area contributed by atoms with Crippen LogP contribution in [0.4, 0.5) is 0 Å². The summed E-state index contributed by atoms with van der Waals surface area (Å²) in [5.74, 6) is -0.261. The second-order valence-corrected chi connectivity index (χ2v) is 3.40. The number of esters is 1. The van der Waals surface area contributed by atoms with Gasteiger partial charge in [-0.25, -0.2) is 4.37 Å². The zero-order valence-electron chi connectivity index (χ0n) is 7.40. The molecule has 0 radical (unpaired) electrons. The first-order valence-electron chi connectivity index (χ1n) is 4.05. The van der Waals surface area contributed by atoms with Gasteiger partial charge in [-0.1, -0.05) is 0 Å². The van der Waals surface area contributed by atoms with Crippen molar-refractivity contribution in [2.24, 2.45) is 5.73 Å². The van der Waals surface area contributed by atoms with E-state index >= 15 is 0 Å². The summed E-state index contributed by atoms with van der Waals surface area (Å²) >= 11 is 1.31. The first kappa shape index (κ1) is 10.1. The van der Waals surface area contributed by atoms with Gasteiger partial charge in [0, 0.05) is 11.1 Å². The van der Waals surface area contributed by atoms with Crippen LogP contribution in [0.1, 0.15) is 24.3 Å². The Balaban J connectivity index is 2.42. The van der Waals surface area contributed by atoms with Crippen molar-refractivity contribution in [2.75, 3.05) is 6.61 Å². The molecule has 0 aromatic carbocycles. The first-order valence-corrected chi connectivity index (χ1v) is 4.83. The molecule has 13 heavy (non-hydrogen) atoms. The fraction of sp³-hybridized carbons (Fsp3) is 0.500. The molecule has 1 rings (SSSR count). The van der Waals surface area contributed by atoms with Gasteiger partial charge in [0.2, 0.25) is 0 Å². The van der Waals surface area contributed by atoms with Crippen LogP contribution in [0.2, 0.25) is 0 Å². The Kier molecular flexibility index (Phi) is 3.85. The van der Waals surface area contributed by atoms with E-state index in [1.165, 1.54) is 11.5 Å². The molecule has 1 aromatic rings. The van der Waals surface area contributed by atoms with Crippen molar-refractivity contribution in [3.63, 3.8) is 0 Å². The van der Waals surface area contributed by atoms with Crippen LogP contribution in [0, 0.1) is 0 Å². The molecule has 0 saturated heterocycles. The van der Waals surface area contributed by atoms with Crippen molar-refractivity contribution in [1.82, 2.24) is 4.37 Å². The lowest BCUT2D eigenvalue weighted by Gasteiger charge is -2.07. The largest absolute Gasteiger partial charge is 0.466 e. The smallest absolute Gasteiger partial charge is 0.307 e. The van der Waals surface area contributed by atoms with Crippen molar-refractivity contribution >= 4 is 17.5 Å². The molecule has 0 amide bonds. The molecule has 0 aliphatic rings. The lowest BCUT2D eigenvalue weighted by molar-refractivity contribution is -0.143. The van der Waals surface area contributed by atoms with Gasteiger partial charge in [0.15, 0.2) is 0 Å². The molecule has 0 aliphatic carbocycles. The molecule has 0 unspecified atom stereocenters. The SMILES string of the molecule is CCOC(=O)C[C@H](N)c1ccns1. The van der Waals surface area contributed by atoms with E-state index in [1.54, 1.807) is 13.1 Å². The second kappa shape index (κ2) is 4.94. The molecule has 0 bridgehead atoms. The number of nitrogens with two attached hydrogens (primary N) is 1. The molecule has 0 saturated carbocycles. The van der Waals surface area contributed by atoms with Gasteiger partial charge in [0.05, 0.1) is 19.1 Å². The third kappa shape index (κ3) is 3.12. The van der Waals surface area contributed by atoms with Crippen molar-refractivity contribution in [1.29, 1.82) is 0 Å². The Morgan fingerprint density at radius 3 is 3.15 bits per heavy atom. The molecule has 1 atom stereocenters. The van der Waals surface area contributed by atoms with E-state index < -0.39 is 0 Å². The summed E-state index contributed by atoms with van der Waals surface area (Å²) in [6.45, 7) is 2.17. The van der Waals surface area contributed by atoms with Gasteiger partial charge in [-0.2, -0.15) is 0 Å². The van der Waals surface area contributed by atoms with E-state index in [9.17, 15) is 4.79 Å². The number of carbonyl (C=O) groups is 1. The summed E-state index contributed by atoms with van der Waals surface area (Å²) < 4.78 is 8.68. The topological polar surface area (TPSA) is 65.2 Å². The predicted octanol–water partition coefficient (Wildman–Crippen LogP) is 1.10. The van der Waals surface area contributed by atoms with Gasteiger partial charge in [-0.15, -0.1) is 0 Å². The lowest BCUT2D eigenvalue weighted by Crippen LogP contribution is -2.16. The van der Waals surface area contributed by atoms with Gasteiger partial charge < -0.3 is 10.5 Å². The van der Waals surface area contributed by atoms with Crippen LogP contribution in [-0.2, 0) is 9.53 Å². The maximum atomic E-state index is 11.0. The Morgan fingerprint density at radius 2 is 2.62 bits per heavy atom. The zero-order valence-corrected chi connectivity index (χ0v) is 8.21. The van der Waals surface area contributed by atoms with E-state index in [0.29, 0.717) is 6.61 Å². The number of hydrogen-bond donors (Lipinski definition) is 1. The predicted molar refractivity (Wildman–Crippen MR) is 50.3 cm³/mol. The Labute approximate surface area is 80.9 Å². The fourth-order valence-electron chi connectivity index (χ4n) is 0.917. The fourth-order valence-corrected chi connectivity index (χ4v) is 1.50. The summed E-state index contributed by atoms with van der Waals surface area (Å²) in [4.78, 5) is 11.9. The van der Waals surface area contributed by atoms with Gasteiger partial charge >= 0.3 is 5.97 Å². The highest BCUT2D eigenvalue weighted by atomic mass is 32.1. The maximum absolute atomic E-state index is 11.0. The molecule has 4 nitrogen and oxygen atoms in total. The van der Waals surface area contributed by atoms with E-state index in [2.05, 4.69) is 4.37 Å². The Morgan fingerprint density at radius 1 is 1.85 bits per heavy atom. The molecular weight excluding hydrogens is 188 g/mol. The van der Waals surface area contributed by atoms with Crippen molar-refractivity contribution in [3.8, 4) is 0 Å². The minimum atomic E-state index is -0.286. The van der Waals surface area contributed by atoms with E-state index in [1.807, 2.05) is 6.07 Å². The van der Waals surface area contributed by atoms with Crippen molar-refractivity contribution < 1.29 is 9.53 Å². The van der Waals surface area contributed by atoms with Crippen LogP contribution in [-0.4, -0.2) is 16.9 Å². The van der Waals surface area contributed by atoms with Crippen LogP contribution in [0.15, 0.2) is 12.3 Å². The number of aromatic nitrogens is 1. The monoisotopic (exact) mass is 200 g/mol. The third-order valence-electron chi connectivity index (χ3n) is 1.52. The lowest BCUT2D eigenvalue weighted by atomic mass is 10.2. The van der Waals surface area contributed by atoms with Crippen LogP contribution in [0.3, 0.4) is 0 Å². The second-order valence-electron chi connectivity index (χ2n) is 2.53. The summed E-state index contributed by atoms with van der Waals surface area (Å²) in [6.07, 6.45) is 1.89. The highest BCUT2D eigenvalue weighted by Gasteiger charge is 2.13. The molecule has 72 valence electrons. The molecule has 0 spiro atoms. The maximum Gasteiger partial charge on any atom is 0.307 e. The van der Waals surface area contributed by atoms with Crippen molar-refractivity contribution in [2.45, 2.75) is 19.4 Å². The highest BCUT2D eigenvalue weighted by molar-refractivity contribution is 7.05. The average molecular weight is 200 g/mol. The minimum Gasteiger partial charge on any atom is -0.466 e. The van der Waals surface area contributed by atoms with Gasteiger partial charge in [0.25, 0.3) is 0 Å². The zero-order chi connectivity index (χ0) is 9.68. The normalized spacial score (nSPS) is 12.5. The molecule has 1 aromatic heterocycles. The highest BCUT2D eigenvalue weighted by Crippen LogP contribution is 2.17. The molecule has 0 fully saturated rings. The quantitative estimate of drug-likeness (QED) is 0.739. The third-order valence-corrected chi connectivity index (χ3v) is 2.39. The molecule has 5 heteroatoms. The van der Waals surface area contributed by atoms with Crippen LogP contribution in [0.5, 0.6) is 0 Å². The average Bonchev–Trinajstić information content (AvgIpc) is 2.55. The number of nitrogens with zero attached hydrogens (tertiary/aromatic N) is 1. The van der Waals surface area contributed by atoms with E-state index in [4.69, 9.17) is 10.5 Å². The van der Waals surface area contributed by atoms with E-state index in [0.717, 1.165) is 4.88 Å². The summed E-state index contributed by atoms with van der Waals surface area (Å²) in [5.41, 5.74) is 5.74. The number of ether oxygens (including phenoxy) is 1. The number of hydrogen-bond acceptors (Lipinski definition) is 5. The molecule has 1 heterocycles. The minimum absolute atomic E-state index is 0.218. The van der Waals surface area contributed by atoms with Crippen LogP contribution >= 0.6 is 11.5 Å². The van der Waals surface area contributed by atoms with Gasteiger partial charge in [-0.3, -0.25) is 4.79 Å². The van der Waals surface area contributed by atoms with Crippen LogP contribution in [0.25, 0.3) is 0 Å². The first-order chi connectivity index (χ1) is 6.24.